The predicted octanol–water partition coefficient (Wildman–Crippen LogP) is 5.10. The van der Waals surface area contributed by atoms with Crippen LogP contribution in [-0.2, 0) is 9.59 Å². The third-order valence-electron chi connectivity index (χ3n) is 11.3. The minimum absolute atomic E-state index is 0.0916. The van der Waals surface area contributed by atoms with Crippen molar-refractivity contribution >= 4 is 35.1 Å². The molecule has 0 bridgehead atoms. The first-order valence-corrected chi connectivity index (χ1v) is 18.1. The molecule has 4 aliphatic rings. The summed E-state index contributed by atoms with van der Waals surface area (Å²) in [5, 5.41) is 24.5. The molecule has 0 radical (unpaired) electrons. The van der Waals surface area contributed by atoms with Crippen molar-refractivity contribution < 1.29 is 24.3 Å². The molecule has 12 heteroatoms. The number of aromatic nitrogens is 2. The van der Waals surface area contributed by atoms with E-state index in [0.717, 1.165) is 67.6 Å². The van der Waals surface area contributed by atoms with Gasteiger partial charge in [-0.1, -0.05) is 42.5 Å². The molecule has 4 aromatic rings. The smallest absolute Gasteiger partial charge is 0.264 e. The summed E-state index contributed by atoms with van der Waals surface area (Å²) >= 11 is 0. The number of benzene rings is 3. The van der Waals surface area contributed by atoms with Gasteiger partial charge in [-0.3, -0.25) is 29.4 Å². The van der Waals surface area contributed by atoms with E-state index in [-0.39, 0.29) is 30.5 Å². The van der Waals surface area contributed by atoms with Gasteiger partial charge < -0.3 is 21.1 Å². The Morgan fingerprint density at radius 1 is 0.769 bits per heavy atom. The van der Waals surface area contributed by atoms with Crippen molar-refractivity contribution in [3.63, 3.8) is 0 Å². The Hall–Kier alpha value is -5.62. The fourth-order valence-corrected chi connectivity index (χ4v) is 8.43. The zero-order chi connectivity index (χ0) is 35.9. The van der Waals surface area contributed by atoms with Crippen LogP contribution in [0.25, 0.3) is 22.4 Å². The highest BCUT2D eigenvalue weighted by molar-refractivity contribution is 6.25. The number of fused-ring (bicyclic) bond motifs is 1. The zero-order valence-corrected chi connectivity index (χ0v) is 28.8. The Morgan fingerprint density at radius 2 is 1.50 bits per heavy atom. The lowest BCUT2D eigenvalue weighted by Gasteiger charge is -2.41. The Labute approximate surface area is 301 Å². The van der Waals surface area contributed by atoms with Gasteiger partial charge in [-0.15, -0.1) is 10.2 Å². The number of hydrogen-bond acceptors (Lipinski definition) is 10. The molecule has 3 aromatic carbocycles. The van der Waals surface area contributed by atoms with Crippen LogP contribution >= 0.6 is 0 Å². The first-order chi connectivity index (χ1) is 25.2. The molecule has 8 rings (SSSR count). The van der Waals surface area contributed by atoms with E-state index in [1.54, 1.807) is 30.3 Å². The lowest BCUT2D eigenvalue weighted by atomic mass is 9.85. The molecule has 266 valence electrons. The number of piperidine rings is 2. The number of nitrogens with one attached hydrogen (secondary N) is 2. The van der Waals surface area contributed by atoms with Crippen molar-refractivity contribution in [2.75, 3.05) is 24.1 Å². The van der Waals surface area contributed by atoms with Crippen molar-refractivity contribution in [1.29, 1.82) is 0 Å². The van der Waals surface area contributed by atoms with Crippen LogP contribution in [0.5, 0.6) is 5.75 Å². The van der Waals surface area contributed by atoms with Crippen LogP contribution in [-0.4, -0.2) is 79.9 Å². The van der Waals surface area contributed by atoms with Crippen LogP contribution in [0, 0.1) is 0 Å². The van der Waals surface area contributed by atoms with Crippen molar-refractivity contribution in [1.82, 2.24) is 25.3 Å². The van der Waals surface area contributed by atoms with Gasteiger partial charge in [0.05, 0.1) is 16.8 Å². The van der Waals surface area contributed by atoms with E-state index in [1.807, 2.05) is 18.2 Å². The highest BCUT2D eigenvalue weighted by atomic mass is 16.3. The summed E-state index contributed by atoms with van der Waals surface area (Å²) in [6.45, 7) is 2.08. The van der Waals surface area contributed by atoms with E-state index in [9.17, 15) is 24.3 Å². The number of hydrogen-bond donors (Lipinski definition) is 4. The Balaban J connectivity index is 0.853. The fraction of sp³-hybridized carbons (Fsp3) is 0.350. The van der Waals surface area contributed by atoms with Gasteiger partial charge in [-0.25, -0.2) is 0 Å². The summed E-state index contributed by atoms with van der Waals surface area (Å²) in [6.07, 6.45) is 6.40. The van der Waals surface area contributed by atoms with Crippen LogP contribution in [0.1, 0.15) is 83.6 Å². The largest absolute Gasteiger partial charge is 0.507 e. The van der Waals surface area contributed by atoms with Gasteiger partial charge in [0.25, 0.3) is 11.8 Å². The number of phenols is 1. The van der Waals surface area contributed by atoms with Gasteiger partial charge >= 0.3 is 0 Å². The average Bonchev–Trinajstić information content (AvgIpc) is 3.42. The first kappa shape index (κ1) is 33.5. The Morgan fingerprint density at radius 3 is 2.23 bits per heavy atom. The second-order valence-electron chi connectivity index (χ2n) is 14.3. The van der Waals surface area contributed by atoms with Gasteiger partial charge in [0.1, 0.15) is 11.8 Å². The zero-order valence-electron chi connectivity index (χ0n) is 28.8. The number of nitrogen functional groups attached to an aromatic ring is 1. The molecule has 1 aromatic heterocycles. The molecule has 52 heavy (non-hydrogen) atoms. The van der Waals surface area contributed by atoms with E-state index in [4.69, 9.17) is 5.73 Å². The van der Waals surface area contributed by atoms with Crippen molar-refractivity contribution in [3.05, 3.63) is 89.5 Å². The monoisotopic (exact) mass is 699 g/mol. The number of carbonyl (C=O) groups excluding carboxylic acids is 4. The van der Waals surface area contributed by atoms with Gasteiger partial charge in [-0.2, -0.15) is 0 Å². The Bertz CT molecular complexity index is 2050. The average molecular weight is 700 g/mol. The number of nitrogens with zero attached hydrogens (tertiary/aromatic N) is 4. The molecular formula is C40H41N7O5. The molecule has 3 fully saturated rings. The minimum atomic E-state index is -0.980. The molecular weight excluding hydrogens is 658 g/mol. The molecule has 1 atom stereocenters. The number of aromatic hydroxyl groups is 1. The van der Waals surface area contributed by atoms with Gasteiger partial charge in [-0.05, 0) is 105 Å². The third-order valence-corrected chi connectivity index (χ3v) is 11.3. The Kier molecular flexibility index (Phi) is 8.92. The highest BCUT2D eigenvalue weighted by Crippen LogP contribution is 2.37. The van der Waals surface area contributed by atoms with E-state index in [1.165, 1.54) is 5.56 Å². The summed E-state index contributed by atoms with van der Waals surface area (Å²) in [4.78, 5) is 54.6. The van der Waals surface area contributed by atoms with Crippen LogP contribution in [0.4, 0.5) is 11.5 Å². The SMILES string of the molecule is Nc1nnc(-c2ccccc2O)cc1-c1ccc(C2CCN(C3CCC(Nc4cccc5c4C(=O)N(C4CCC(=O)NC4=O)C5=O)CC3)CC2)cc1. The number of likely N-dealkylation sites (tertiary alicyclic amines) is 1. The van der Waals surface area contributed by atoms with E-state index in [0.29, 0.717) is 45.8 Å². The van der Waals surface area contributed by atoms with Crippen LogP contribution in [0.2, 0.25) is 0 Å². The number of rotatable bonds is 7. The molecule has 4 heterocycles. The van der Waals surface area contributed by atoms with Crippen LogP contribution < -0.4 is 16.4 Å². The molecule has 3 aliphatic heterocycles. The topological polar surface area (TPSA) is 171 Å². The summed E-state index contributed by atoms with van der Waals surface area (Å²) in [5.41, 5.74) is 11.7. The van der Waals surface area contributed by atoms with E-state index in [2.05, 4.69) is 50.0 Å². The standard InChI is InChI=1S/C40H41N7O5/c41-37-30(22-32(44-45-37)28-4-1-2-7-34(28)48)25-10-8-23(9-11-25)24-18-20-46(21-19-24)27-14-12-26(13-15-27)42-31-6-3-5-29-36(31)40(52)47(39(29)51)33-16-17-35(49)43-38(33)50/h1-11,22,24,26-27,33,42,48H,12-21H2,(H2,41,45)(H,43,49,50). The maximum absolute atomic E-state index is 13.5. The lowest BCUT2D eigenvalue weighted by molar-refractivity contribution is -0.136. The second kappa shape index (κ2) is 13.8. The number of carbonyl (C=O) groups is 4. The molecule has 0 spiro atoms. The summed E-state index contributed by atoms with van der Waals surface area (Å²) in [7, 11) is 0. The molecule has 12 nitrogen and oxygen atoms in total. The van der Waals surface area contributed by atoms with E-state index >= 15 is 0 Å². The first-order valence-electron chi connectivity index (χ1n) is 18.1. The third kappa shape index (κ3) is 6.27. The van der Waals surface area contributed by atoms with Gasteiger partial charge in [0.15, 0.2) is 5.82 Å². The maximum Gasteiger partial charge on any atom is 0.264 e. The molecule has 1 saturated carbocycles. The number of phenolic OH excluding ortho intramolecular Hbond substituents is 1. The van der Waals surface area contributed by atoms with Crippen molar-refractivity contribution in [2.24, 2.45) is 0 Å². The van der Waals surface area contributed by atoms with Gasteiger partial charge in [0.2, 0.25) is 11.8 Å². The van der Waals surface area contributed by atoms with Gasteiger partial charge in [0, 0.05) is 35.3 Å². The van der Waals surface area contributed by atoms with Crippen molar-refractivity contribution in [2.45, 2.75) is 75.4 Å². The molecule has 2 saturated heterocycles. The highest BCUT2D eigenvalue weighted by Gasteiger charge is 2.46. The molecule has 1 unspecified atom stereocenters. The summed E-state index contributed by atoms with van der Waals surface area (Å²) in [5.74, 6) is -1.00. The summed E-state index contributed by atoms with van der Waals surface area (Å²) < 4.78 is 0. The lowest BCUT2D eigenvalue weighted by Crippen LogP contribution is -2.54. The number of para-hydroxylation sites is 1. The molecule has 4 amide bonds. The fourth-order valence-electron chi connectivity index (χ4n) is 8.43. The van der Waals surface area contributed by atoms with Crippen molar-refractivity contribution in [3.8, 4) is 28.1 Å². The maximum atomic E-state index is 13.5. The number of amides is 4. The summed E-state index contributed by atoms with van der Waals surface area (Å²) in [6, 6.07) is 22.4. The minimum Gasteiger partial charge on any atom is -0.507 e. The predicted molar refractivity (Wildman–Crippen MR) is 195 cm³/mol. The number of imide groups is 2. The number of nitrogens with two attached hydrogens (primary N) is 1. The second-order valence-corrected chi connectivity index (χ2v) is 14.3. The van der Waals surface area contributed by atoms with Crippen LogP contribution in [0.3, 0.4) is 0 Å². The quantitative estimate of drug-likeness (QED) is 0.190. The molecule has 5 N–H and O–H groups in total. The van der Waals surface area contributed by atoms with E-state index < -0.39 is 23.8 Å². The molecule has 1 aliphatic carbocycles. The van der Waals surface area contributed by atoms with Crippen LogP contribution in [0.15, 0.2) is 72.8 Å². The normalized spacial score (nSPS) is 22.7. The number of anilines is 2.